The van der Waals surface area contributed by atoms with E-state index in [1.54, 1.807) is 6.20 Å². The molecule has 0 bridgehead atoms. The van der Waals surface area contributed by atoms with E-state index in [0.29, 0.717) is 0 Å². The number of hydrogen-bond acceptors (Lipinski definition) is 3. The van der Waals surface area contributed by atoms with E-state index < -0.39 is 0 Å². The third kappa shape index (κ3) is 1.18. The molecule has 1 aliphatic carbocycles. The number of para-hydroxylation sites is 1. The molecule has 0 spiro atoms. The van der Waals surface area contributed by atoms with Gasteiger partial charge in [-0.15, -0.1) is 0 Å². The Hall–Kier alpha value is -1.77. The first-order chi connectivity index (χ1) is 7.83. The Morgan fingerprint density at radius 2 is 2.00 bits per heavy atom. The number of nitrogens with zero attached hydrogens (tertiary/aromatic N) is 1. The lowest BCUT2D eigenvalue weighted by molar-refractivity contribution is 0.225. The van der Waals surface area contributed by atoms with Gasteiger partial charge in [0.15, 0.2) is 0 Å². The molecule has 3 rings (SSSR count). The summed E-state index contributed by atoms with van der Waals surface area (Å²) >= 11 is 0. The van der Waals surface area contributed by atoms with E-state index in [4.69, 9.17) is 10.3 Å². The number of anilines is 1. The van der Waals surface area contributed by atoms with Crippen LogP contribution in [0.1, 0.15) is 30.6 Å². The Morgan fingerprint density at radius 1 is 1.19 bits per heavy atom. The van der Waals surface area contributed by atoms with Crippen LogP contribution in [-0.4, -0.2) is 5.16 Å². The van der Waals surface area contributed by atoms with E-state index in [1.165, 1.54) is 12.0 Å². The second-order valence-electron chi connectivity index (χ2n) is 4.40. The molecular formula is C13H14N2O. The Labute approximate surface area is 94.2 Å². The van der Waals surface area contributed by atoms with Gasteiger partial charge in [0.05, 0.1) is 11.6 Å². The molecule has 1 fully saturated rings. The Bertz CT molecular complexity index is 486. The van der Waals surface area contributed by atoms with E-state index in [9.17, 15) is 0 Å². The van der Waals surface area contributed by atoms with Gasteiger partial charge in [0, 0.05) is 11.8 Å². The molecule has 3 heteroatoms. The van der Waals surface area contributed by atoms with Crippen LogP contribution in [-0.2, 0) is 5.41 Å². The largest absolute Gasteiger partial charge is 0.398 e. The van der Waals surface area contributed by atoms with Crippen molar-refractivity contribution < 1.29 is 4.52 Å². The summed E-state index contributed by atoms with van der Waals surface area (Å²) in [4.78, 5) is 0. The minimum absolute atomic E-state index is 0.0259. The van der Waals surface area contributed by atoms with E-state index >= 15 is 0 Å². The van der Waals surface area contributed by atoms with Crippen molar-refractivity contribution in [3.05, 3.63) is 47.9 Å². The highest BCUT2D eigenvalue weighted by molar-refractivity contribution is 5.54. The smallest absolute Gasteiger partial charge is 0.147 e. The molecule has 1 aromatic heterocycles. The molecule has 0 radical (unpaired) electrons. The molecule has 0 atom stereocenters. The molecular weight excluding hydrogens is 200 g/mol. The fourth-order valence-corrected chi connectivity index (χ4v) is 2.57. The molecule has 2 N–H and O–H groups in total. The lowest BCUT2D eigenvalue weighted by Gasteiger charge is -2.40. The molecule has 3 nitrogen and oxygen atoms in total. The van der Waals surface area contributed by atoms with E-state index in [2.05, 4.69) is 11.2 Å². The summed E-state index contributed by atoms with van der Waals surface area (Å²) in [6.07, 6.45) is 5.11. The monoisotopic (exact) mass is 214 g/mol. The SMILES string of the molecule is Nc1ccccc1C1(c2ccno2)CCC1. The van der Waals surface area contributed by atoms with Gasteiger partial charge in [0.1, 0.15) is 5.76 Å². The first-order valence-corrected chi connectivity index (χ1v) is 5.59. The van der Waals surface area contributed by atoms with Gasteiger partial charge in [0.25, 0.3) is 0 Å². The van der Waals surface area contributed by atoms with Crippen LogP contribution in [0.25, 0.3) is 0 Å². The molecule has 1 aromatic carbocycles. The van der Waals surface area contributed by atoms with Crippen LogP contribution in [0.2, 0.25) is 0 Å². The van der Waals surface area contributed by atoms with Crippen molar-refractivity contribution in [2.45, 2.75) is 24.7 Å². The van der Waals surface area contributed by atoms with E-state index in [-0.39, 0.29) is 5.41 Å². The van der Waals surface area contributed by atoms with Gasteiger partial charge in [0.2, 0.25) is 0 Å². The summed E-state index contributed by atoms with van der Waals surface area (Å²) in [6.45, 7) is 0. The zero-order valence-electron chi connectivity index (χ0n) is 9.02. The summed E-state index contributed by atoms with van der Waals surface area (Å²) < 4.78 is 5.34. The van der Waals surface area contributed by atoms with Crippen molar-refractivity contribution in [2.24, 2.45) is 0 Å². The number of nitrogens with two attached hydrogens (primary N) is 1. The Kier molecular flexibility index (Phi) is 1.99. The Balaban J connectivity index is 2.13. The molecule has 2 aromatic rings. The van der Waals surface area contributed by atoms with Crippen LogP contribution >= 0.6 is 0 Å². The topological polar surface area (TPSA) is 52.0 Å². The van der Waals surface area contributed by atoms with Crippen LogP contribution in [0.4, 0.5) is 5.69 Å². The number of rotatable bonds is 2. The molecule has 1 aliphatic rings. The van der Waals surface area contributed by atoms with Gasteiger partial charge < -0.3 is 10.3 Å². The highest BCUT2D eigenvalue weighted by Crippen LogP contribution is 2.50. The third-order valence-electron chi connectivity index (χ3n) is 3.59. The minimum atomic E-state index is -0.0259. The standard InChI is InChI=1S/C13H14N2O/c14-11-5-2-1-4-10(11)13(7-3-8-13)12-6-9-15-16-12/h1-2,4-6,9H,3,7-8,14H2. The third-order valence-corrected chi connectivity index (χ3v) is 3.59. The first-order valence-electron chi connectivity index (χ1n) is 5.59. The average molecular weight is 214 g/mol. The maximum Gasteiger partial charge on any atom is 0.147 e. The molecule has 0 aliphatic heterocycles. The van der Waals surface area contributed by atoms with Crippen LogP contribution in [0, 0.1) is 0 Å². The molecule has 0 amide bonds. The quantitative estimate of drug-likeness (QED) is 0.782. The fraction of sp³-hybridized carbons (Fsp3) is 0.308. The molecule has 1 saturated carbocycles. The molecule has 0 saturated heterocycles. The second-order valence-corrected chi connectivity index (χ2v) is 4.40. The summed E-state index contributed by atoms with van der Waals surface area (Å²) in [5.41, 5.74) is 8.06. The lowest BCUT2D eigenvalue weighted by atomic mass is 9.62. The molecule has 82 valence electrons. The van der Waals surface area contributed by atoms with Crippen molar-refractivity contribution in [1.29, 1.82) is 0 Å². The zero-order chi connectivity index (χ0) is 11.0. The molecule has 0 unspecified atom stereocenters. The number of nitrogen functional groups attached to an aromatic ring is 1. The maximum absolute atomic E-state index is 6.06. The van der Waals surface area contributed by atoms with E-state index in [0.717, 1.165) is 24.3 Å². The summed E-state index contributed by atoms with van der Waals surface area (Å²) in [5.74, 6) is 0.941. The number of benzene rings is 1. The van der Waals surface area contributed by atoms with E-state index in [1.807, 2.05) is 24.3 Å². The summed E-state index contributed by atoms with van der Waals surface area (Å²) in [6, 6.07) is 9.99. The normalized spacial score (nSPS) is 18.0. The van der Waals surface area contributed by atoms with Gasteiger partial charge in [-0.1, -0.05) is 29.8 Å². The molecule has 1 heterocycles. The van der Waals surface area contributed by atoms with Crippen molar-refractivity contribution in [3.63, 3.8) is 0 Å². The summed E-state index contributed by atoms with van der Waals surface area (Å²) in [5, 5.41) is 3.81. The van der Waals surface area contributed by atoms with Gasteiger partial charge in [-0.25, -0.2) is 0 Å². The Morgan fingerprint density at radius 3 is 2.56 bits per heavy atom. The first kappa shape index (κ1) is 9.46. The minimum Gasteiger partial charge on any atom is -0.398 e. The van der Waals surface area contributed by atoms with Gasteiger partial charge in [-0.3, -0.25) is 0 Å². The highest BCUT2D eigenvalue weighted by atomic mass is 16.5. The van der Waals surface area contributed by atoms with Gasteiger partial charge >= 0.3 is 0 Å². The van der Waals surface area contributed by atoms with Crippen molar-refractivity contribution >= 4 is 5.69 Å². The highest BCUT2D eigenvalue weighted by Gasteiger charge is 2.44. The van der Waals surface area contributed by atoms with Crippen LogP contribution in [0.5, 0.6) is 0 Å². The number of aromatic nitrogens is 1. The van der Waals surface area contributed by atoms with Crippen molar-refractivity contribution in [2.75, 3.05) is 5.73 Å². The maximum atomic E-state index is 6.06. The van der Waals surface area contributed by atoms with Crippen molar-refractivity contribution in [1.82, 2.24) is 5.16 Å². The van der Waals surface area contributed by atoms with Crippen molar-refractivity contribution in [3.8, 4) is 0 Å². The predicted octanol–water partition coefficient (Wildman–Crippen LogP) is 2.73. The van der Waals surface area contributed by atoms with Crippen LogP contribution in [0.3, 0.4) is 0 Å². The van der Waals surface area contributed by atoms with Gasteiger partial charge in [-0.05, 0) is 24.5 Å². The van der Waals surface area contributed by atoms with Crippen LogP contribution < -0.4 is 5.73 Å². The van der Waals surface area contributed by atoms with Crippen LogP contribution in [0.15, 0.2) is 41.1 Å². The average Bonchev–Trinajstić information content (AvgIpc) is 2.73. The summed E-state index contributed by atoms with van der Waals surface area (Å²) in [7, 11) is 0. The van der Waals surface area contributed by atoms with Gasteiger partial charge in [-0.2, -0.15) is 0 Å². The number of hydrogen-bond donors (Lipinski definition) is 1. The molecule has 16 heavy (non-hydrogen) atoms. The fourth-order valence-electron chi connectivity index (χ4n) is 2.57. The second kappa shape index (κ2) is 3.37. The predicted molar refractivity (Wildman–Crippen MR) is 62.0 cm³/mol. The zero-order valence-corrected chi connectivity index (χ0v) is 9.02. The lowest BCUT2D eigenvalue weighted by Crippen LogP contribution is -2.35.